The molecule has 0 atom stereocenters. The van der Waals surface area contributed by atoms with E-state index in [0.29, 0.717) is 18.0 Å². The number of hydrogen-bond acceptors (Lipinski definition) is 1. The van der Waals surface area contributed by atoms with Crippen molar-refractivity contribution in [2.24, 2.45) is 0 Å². The highest BCUT2D eigenvalue weighted by Gasteiger charge is 2.04. The van der Waals surface area contributed by atoms with Gasteiger partial charge in [0.25, 0.3) is 5.91 Å². The van der Waals surface area contributed by atoms with Crippen molar-refractivity contribution < 1.29 is 4.79 Å². The van der Waals surface area contributed by atoms with Gasteiger partial charge in [-0.1, -0.05) is 29.3 Å². The fourth-order valence-electron chi connectivity index (χ4n) is 1.51. The minimum atomic E-state index is -0.0500. The van der Waals surface area contributed by atoms with Crippen molar-refractivity contribution in [2.45, 2.75) is 13.8 Å². The fourth-order valence-corrected chi connectivity index (χ4v) is 1.63. The molecule has 1 aromatic rings. The molecule has 0 saturated carbocycles. The van der Waals surface area contributed by atoms with E-state index in [0.717, 1.165) is 11.1 Å². The molecule has 0 spiro atoms. The summed E-state index contributed by atoms with van der Waals surface area (Å²) in [7, 11) is 0. The highest BCUT2D eigenvalue weighted by molar-refractivity contribution is 6.18. The number of halogens is 1. The Bertz CT molecular complexity index is 379. The van der Waals surface area contributed by atoms with Crippen LogP contribution in [0.4, 0.5) is 0 Å². The first kappa shape index (κ1) is 12.8. The Morgan fingerprint density at radius 3 is 2.44 bits per heavy atom. The van der Waals surface area contributed by atoms with Crippen LogP contribution in [0.15, 0.2) is 30.4 Å². The number of nitrogens with one attached hydrogen (secondary N) is 1. The number of amides is 1. The smallest absolute Gasteiger partial charge is 0.251 e. The van der Waals surface area contributed by atoms with E-state index in [1.165, 1.54) is 0 Å². The second-order valence-corrected chi connectivity index (χ2v) is 4.02. The summed E-state index contributed by atoms with van der Waals surface area (Å²) in [5, 5.41) is 2.80. The summed E-state index contributed by atoms with van der Waals surface area (Å²) >= 11 is 5.48. The summed E-state index contributed by atoms with van der Waals surface area (Å²) in [6.45, 7) is 4.48. The molecular weight excluding hydrogens is 222 g/mol. The minimum absolute atomic E-state index is 0.0500. The van der Waals surface area contributed by atoms with Gasteiger partial charge in [-0.25, -0.2) is 0 Å². The molecule has 0 radical (unpaired) electrons. The number of rotatable bonds is 4. The van der Waals surface area contributed by atoms with E-state index >= 15 is 0 Å². The van der Waals surface area contributed by atoms with Crippen molar-refractivity contribution in [3.63, 3.8) is 0 Å². The van der Waals surface area contributed by atoms with Gasteiger partial charge in [-0.05, 0) is 26.0 Å². The van der Waals surface area contributed by atoms with Crippen LogP contribution in [0.1, 0.15) is 21.5 Å². The molecule has 86 valence electrons. The molecule has 0 heterocycles. The maximum atomic E-state index is 11.7. The molecular formula is C13H16ClNO. The van der Waals surface area contributed by atoms with Gasteiger partial charge in [-0.15, -0.1) is 11.6 Å². The summed E-state index contributed by atoms with van der Waals surface area (Å²) in [5.41, 5.74) is 2.90. The third kappa shape index (κ3) is 4.07. The highest BCUT2D eigenvalue weighted by atomic mass is 35.5. The van der Waals surface area contributed by atoms with Crippen molar-refractivity contribution in [1.29, 1.82) is 0 Å². The van der Waals surface area contributed by atoms with Crippen LogP contribution in [0.25, 0.3) is 0 Å². The zero-order chi connectivity index (χ0) is 12.0. The van der Waals surface area contributed by atoms with E-state index in [-0.39, 0.29) is 5.91 Å². The fraction of sp³-hybridized carbons (Fsp3) is 0.308. The number of carbonyl (C=O) groups excluding carboxylic acids is 1. The summed E-state index contributed by atoms with van der Waals surface area (Å²) < 4.78 is 0. The summed E-state index contributed by atoms with van der Waals surface area (Å²) in [5.74, 6) is 0.422. The Morgan fingerprint density at radius 1 is 1.25 bits per heavy atom. The molecule has 0 unspecified atom stereocenters. The molecule has 1 aromatic carbocycles. The summed E-state index contributed by atoms with van der Waals surface area (Å²) in [6, 6.07) is 5.81. The van der Waals surface area contributed by atoms with Crippen molar-refractivity contribution in [3.8, 4) is 0 Å². The predicted molar refractivity (Wildman–Crippen MR) is 68.1 cm³/mol. The van der Waals surface area contributed by atoms with Gasteiger partial charge >= 0.3 is 0 Å². The van der Waals surface area contributed by atoms with Gasteiger partial charge in [0.2, 0.25) is 0 Å². The Hall–Kier alpha value is -1.28. The average Bonchev–Trinajstić information content (AvgIpc) is 2.22. The monoisotopic (exact) mass is 237 g/mol. The number of carbonyl (C=O) groups is 1. The Kier molecular flexibility index (Phi) is 5.06. The quantitative estimate of drug-likeness (QED) is 0.633. The van der Waals surface area contributed by atoms with Crippen LogP contribution in [0.5, 0.6) is 0 Å². The highest BCUT2D eigenvalue weighted by Crippen LogP contribution is 2.08. The van der Waals surface area contributed by atoms with E-state index in [9.17, 15) is 4.79 Å². The van der Waals surface area contributed by atoms with Gasteiger partial charge in [0, 0.05) is 18.0 Å². The summed E-state index contributed by atoms with van der Waals surface area (Å²) in [6.07, 6.45) is 3.65. The molecule has 1 amide bonds. The molecule has 1 N–H and O–H groups in total. The number of hydrogen-bond donors (Lipinski definition) is 1. The van der Waals surface area contributed by atoms with E-state index in [1.807, 2.05) is 44.2 Å². The molecule has 1 rings (SSSR count). The van der Waals surface area contributed by atoms with Gasteiger partial charge in [0.05, 0.1) is 0 Å². The van der Waals surface area contributed by atoms with Crippen LogP contribution in [0.2, 0.25) is 0 Å². The molecule has 0 aliphatic carbocycles. The maximum Gasteiger partial charge on any atom is 0.251 e. The lowest BCUT2D eigenvalue weighted by Crippen LogP contribution is -2.23. The number of benzene rings is 1. The Labute approximate surface area is 101 Å². The SMILES string of the molecule is Cc1cc(C)cc(C(=O)NC/C=C/CCl)c1. The Morgan fingerprint density at radius 2 is 1.88 bits per heavy atom. The van der Waals surface area contributed by atoms with E-state index < -0.39 is 0 Å². The zero-order valence-electron chi connectivity index (χ0n) is 9.59. The molecule has 0 saturated heterocycles. The lowest BCUT2D eigenvalue weighted by atomic mass is 10.1. The van der Waals surface area contributed by atoms with E-state index in [2.05, 4.69) is 5.32 Å². The molecule has 0 aliphatic rings. The van der Waals surface area contributed by atoms with Gasteiger partial charge in [-0.3, -0.25) is 4.79 Å². The standard InChI is InChI=1S/C13H16ClNO/c1-10-7-11(2)9-12(8-10)13(16)15-6-4-3-5-14/h3-4,7-9H,5-6H2,1-2H3,(H,15,16)/b4-3+. The van der Waals surface area contributed by atoms with Crippen LogP contribution in [0.3, 0.4) is 0 Å². The first-order valence-electron chi connectivity index (χ1n) is 5.21. The predicted octanol–water partition coefficient (Wildman–Crippen LogP) is 2.83. The van der Waals surface area contributed by atoms with E-state index in [4.69, 9.17) is 11.6 Å². The van der Waals surface area contributed by atoms with E-state index in [1.54, 1.807) is 0 Å². The Balaban J connectivity index is 2.62. The van der Waals surface area contributed by atoms with Crippen LogP contribution < -0.4 is 5.32 Å². The summed E-state index contributed by atoms with van der Waals surface area (Å²) in [4.78, 5) is 11.7. The second-order valence-electron chi connectivity index (χ2n) is 3.71. The van der Waals surface area contributed by atoms with Crippen LogP contribution in [-0.4, -0.2) is 18.3 Å². The minimum Gasteiger partial charge on any atom is -0.349 e. The van der Waals surface area contributed by atoms with Crippen molar-refractivity contribution in [2.75, 3.05) is 12.4 Å². The average molecular weight is 238 g/mol. The largest absolute Gasteiger partial charge is 0.349 e. The van der Waals surface area contributed by atoms with Gasteiger partial charge in [-0.2, -0.15) is 0 Å². The number of alkyl halides is 1. The van der Waals surface area contributed by atoms with Crippen LogP contribution in [0, 0.1) is 13.8 Å². The van der Waals surface area contributed by atoms with Gasteiger partial charge < -0.3 is 5.32 Å². The normalized spacial score (nSPS) is 10.7. The lowest BCUT2D eigenvalue weighted by molar-refractivity contribution is 0.0958. The first-order chi connectivity index (χ1) is 7.63. The van der Waals surface area contributed by atoms with Crippen molar-refractivity contribution >= 4 is 17.5 Å². The third-order valence-electron chi connectivity index (χ3n) is 2.12. The second kappa shape index (κ2) is 6.33. The van der Waals surface area contributed by atoms with Gasteiger partial charge in [0.15, 0.2) is 0 Å². The van der Waals surface area contributed by atoms with Crippen LogP contribution in [-0.2, 0) is 0 Å². The number of allylic oxidation sites excluding steroid dienone is 1. The molecule has 0 aromatic heterocycles. The van der Waals surface area contributed by atoms with Crippen molar-refractivity contribution in [1.82, 2.24) is 5.32 Å². The zero-order valence-corrected chi connectivity index (χ0v) is 10.3. The third-order valence-corrected chi connectivity index (χ3v) is 2.30. The molecule has 3 heteroatoms. The van der Waals surface area contributed by atoms with Crippen LogP contribution >= 0.6 is 11.6 Å². The maximum absolute atomic E-state index is 11.7. The lowest BCUT2D eigenvalue weighted by Gasteiger charge is -2.05. The molecule has 16 heavy (non-hydrogen) atoms. The molecule has 0 bridgehead atoms. The number of aryl methyl sites for hydroxylation is 2. The molecule has 2 nitrogen and oxygen atoms in total. The molecule has 0 fully saturated rings. The topological polar surface area (TPSA) is 29.1 Å². The first-order valence-corrected chi connectivity index (χ1v) is 5.74. The van der Waals surface area contributed by atoms with Gasteiger partial charge in [0.1, 0.15) is 0 Å². The van der Waals surface area contributed by atoms with Crippen molar-refractivity contribution in [3.05, 3.63) is 47.0 Å². The molecule has 0 aliphatic heterocycles.